The highest BCUT2D eigenvalue weighted by atomic mass is 32.2. The molecule has 0 aromatic rings. The first-order valence-electron chi connectivity index (χ1n) is 23.6. The molecule has 0 aromatic heterocycles. The second-order valence-electron chi connectivity index (χ2n) is 16.8. The Morgan fingerprint density at radius 1 is 0.517 bits per heavy atom. The molecule has 13 heteroatoms. The average molecular weight is 851 g/mol. The predicted molar refractivity (Wildman–Crippen MR) is 229 cm³/mol. The first kappa shape index (κ1) is 54.7. The van der Waals surface area contributed by atoms with Crippen LogP contribution in [0.3, 0.4) is 0 Å². The van der Waals surface area contributed by atoms with Crippen LogP contribution in [0.2, 0.25) is 0 Å². The highest BCUT2D eigenvalue weighted by Crippen LogP contribution is 2.24. The smallest absolute Gasteiger partial charge is 0.306 e. The van der Waals surface area contributed by atoms with Gasteiger partial charge in [-0.1, -0.05) is 194 Å². The minimum atomic E-state index is -4.60. The standard InChI is InChI=1S/C45H86O12S/c1-3-5-7-9-11-13-15-17-19-21-23-25-27-29-31-33-40(46)54-35-38(36-55-45-44(50)43(49)42(48)39(57-45)37-58(51,52)53)56-41(47)34-32-30-28-26-24-22-20-18-16-14-12-10-8-6-4-2/h38-39,42-45,48-50H,3-37H2,1-2H3,(H,51,52,53)/t38?,39-,42-,43+,44-,45?/m1/s1. The molecule has 0 saturated carbocycles. The maximum Gasteiger partial charge on any atom is 0.306 e. The van der Waals surface area contributed by atoms with Crippen molar-refractivity contribution in [1.82, 2.24) is 0 Å². The Kier molecular flexibility index (Phi) is 34.2. The van der Waals surface area contributed by atoms with E-state index in [0.29, 0.717) is 12.8 Å². The van der Waals surface area contributed by atoms with Crippen LogP contribution in [0, 0.1) is 0 Å². The van der Waals surface area contributed by atoms with Crippen LogP contribution in [-0.4, -0.2) is 96.0 Å². The summed E-state index contributed by atoms with van der Waals surface area (Å²) in [5.41, 5.74) is 0. The van der Waals surface area contributed by atoms with Gasteiger partial charge in [0.25, 0.3) is 10.1 Å². The minimum Gasteiger partial charge on any atom is -0.462 e. The molecule has 1 rings (SSSR count). The molecule has 6 atom stereocenters. The van der Waals surface area contributed by atoms with E-state index in [1.165, 1.54) is 141 Å². The van der Waals surface area contributed by atoms with Gasteiger partial charge in [-0.2, -0.15) is 8.42 Å². The van der Waals surface area contributed by atoms with E-state index in [0.717, 1.165) is 38.5 Å². The quantitative estimate of drug-likeness (QED) is 0.0260. The molecule has 12 nitrogen and oxygen atoms in total. The first-order valence-corrected chi connectivity index (χ1v) is 25.2. The molecule has 344 valence electrons. The predicted octanol–water partition coefficient (Wildman–Crippen LogP) is 9.68. The average Bonchev–Trinajstić information content (AvgIpc) is 3.18. The molecule has 0 bridgehead atoms. The number of aliphatic hydroxyl groups is 3. The summed E-state index contributed by atoms with van der Waals surface area (Å²) < 4.78 is 54.1. The summed E-state index contributed by atoms with van der Waals surface area (Å²) >= 11 is 0. The number of carbonyl (C=O) groups is 2. The van der Waals surface area contributed by atoms with Crippen LogP contribution < -0.4 is 0 Å². The number of esters is 2. The molecule has 0 aromatic carbocycles. The zero-order valence-electron chi connectivity index (χ0n) is 36.7. The van der Waals surface area contributed by atoms with Gasteiger partial charge in [0.1, 0.15) is 36.8 Å². The van der Waals surface area contributed by atoms with Crippen molar-refractivity contribution in [1.29, 1.82) is 0 Å². The van der Waals surface area contributed by atoms with E-state index in [4.69, 9.17) is 18.9 Å². The molecule has 0 radical (unpaired) electrons. The highest BCUT2D eigenvalue weighted by molar-refractivity contribution is 7.85. The Balaban J connectivity index is 2.41. The van der Waals surface area contributed by atoms with E-state index >= 15 is 0 Å². The summed E-state index contributed by atoms with van der Waals surface area (Å²) in [5.74, 6) is -1.96. The van der Waals surface area contributed by atoms with E-state index in [1.807, 2.05) is 0 Å². The number of rotatable bonds is 40. The second-order valence-corrected chi connectivity index (χ2v) is 18.3. The number of unbranched alkanes of at least 4 members (excludes halogenated alkanes) is 28. The lowest BCUT2D eigenvalue weighted by Crippen LogP contribution is -2.60. The molecule has 1 heterocycles. The fourth-order valence-electron chi connectivity index (χ4n) is 7.50. The Hall–Kier alpha value is -1.35. The van der Waals surface area contributed by atoms with E-state index in [2.05, 4.69) is 13.8 Å². The van der Waals surface area contributed by atoms with Gasteiger partial charge in [-0.25, -0.2) is 0 Å². The molecule has 0 aliphatic carbocycles. The summed E-state index contributed by atoms with van der Waals surface area (Å²) in [6.45, 7) is 3.79. The van der Waals surface area contributed by atoms with E-state index in [1.54, 1.807) is 0 Å². The van der Waals surface area contributed by atoms with Gasteiger partial charge in [0.05, 0.1) is 6.61 Å². The summed E-state index contributed by atoms with van der Waals surface area (Å²) in [4.78, 5) is 25.4. The Morgan fingerprint density at radius 3 is 1.26 bits per heavy atom. The van der Waals surface area contributed by atoms with Crippen molar-refractivity contribution in [2.24, 2.45) is 0 Å². The molecule has 4 N–H and O–H groups in total. The molecule has 0 amide bonds. The van der Waals surface area contributed by atoms with Crippen LogP contribution in [0.25, 0.3) is 0 Å². The molecule has 2 unspecified atom stereocenters. The van der Waals surface area contributed by atoms with Crippen molar-refractivity contribution in [3.05, 3.63) is 0 Å². The number of ether oxygens (including phenoxy) is 4. The second kappa shape index (κ2) is 36.3. The maximum atomic E-state index is 12.8. The maximum absolute atomic E-state index is 12.8. The molecule has 1 aliphatic rings. The number of aliphatic hydroxyl groups excluding tert-OH is 3. The van der Waals surface area contributed by atoms with Gasteiger partial charge >= 0.3 is 11.9 Å². The molecule has 0 spiro atoms. The zero-order valence-corrected chi connectivity index (χ0v) is 37.5. The van der Waals surface area contributed by atoms with Crippen LogP contribution in [-0.2, 0) is 38.7 Å². The molecule has 1 saturated heterocycles. The highest BCUT2D eigenvalue weighted by Gasteiger charge is 2.46. The third kappa shape index (κ3) is 30.6. The monoisotopic (exact) mass is 851 g/mol. The molecular formula is C45H86O12S. The topological polar surface area (TPSA) is 186 Å². The largest absolute Gasteiger partial charge is 0.462 e. The Morgan fingerprint density at radius 2 is 0.879 bits per heavy atom. The summed E-state index contributed by atoms with van der Waals surface area (Å²) in [6, 6.07) is 0. The third-order valence-corrected chi connectivity index (χ3v) is 11.9. The normalized spacial score (nSPS) is 20.3. The molecule has 1 fully saturated rings. The van der Waals surface area contributed by atoms with Crippen LogP contribution in [0.1, 0.15) is 219 Å². The van der Waals surface area contributed by atoms with E-state index < -0.39 is 71.2 Å². The van der Waals surface area contributed by atoms with Gasteiger partial charge in [0, 0.05) is 12.8 Å². The SMILES string of the molecule is CCCCCCCCCCCCCCCCCC(=O)OCC(COC1O[C@H](CS(=O)(=O)O)[C@@H](O)[C@H](O)[C@H]1O)OC(=O)CCCCCCCCCCCCCCCCC. The Labute approximate surface area is 353 Å². The fraction of sp³-hybridized carbons (Fsp3) is 0.956. The van der Waals surface area contributed by atoms with Crippen molar-refractivity contribution in [3.63, 3.8) is 0 Å². The summed E-state index contributed by atoms with van der Waals surface area (Å²) in [6.07, 6.45) is 27.1. The van der Waals surface area contributed by atoms with Gasteiger partial charge < -0.3 is 34.3 Å². The molecule has 1 aliphatic heterocycles. The van der Waals surface area contributed by atoms with Gasteiger partial charge in [-0.15, -0.1) is 0 Å². The molecule has 58 heavy (non-hydrogen) atoms. The lowest BCUT2D eigenvalue weighted by molar-refractivity contribution is -0.297. The van der Waals surface area contributed by atoms with Gasteiger partial charge in [-0.05, 0) is 12.8 Å². The van der Waals surface area contributed by atoms with Crippen LogP contribution in [0.4, 0.5) is 0 Å². The number of carbonyl (C=O) groups excluding carboxylic acids is 2. The summed E-state index contributed by atoms with van der Waals surface area (Å²) in [5, 5.41) is 30.9. The van der Waals surface area contributed by atoms with Crippen molar-refractivity contribution >= 4 is 22.1 Å². The first-order chi connectivity index (χ1) is 28.0. The number of hydrogen-bond donors (Lipinski definition) is 4. The summed E-state index contributed by atoms with van der Waals surface area (Å²) in [7, 11) is -4.60. The van der Waals surface area contributed by atoms with Crippen molar-refractivity contribution in [2.45, 2.75) is 256 Å². The van der Waals surface area contributed by atoms with Crippen molar-refractivity contribution in [3.8, 4) is 0 Å². The fourth-order valence-corrected chi connectivity index (χ4v) is 8.19. The lowest BCUT2D eigenvalue weighted by Gasteiger charge is -2.40. The van der Waals surface area contributed by atoms with Crippen molar-refractivity contribution < 1.29 is 56.8 Å². The van der Waals surface area contributed by atoms with Gasteiger partial charge in [0.2, 0.25) is 0 Å². The van der Waals surface area contributed by atoms with Crippen LogP contribution in [0.5, 0.6) is 0 Å². The number of hydrogen-bond acceptors (Lipinski definition) is 11. The van der Waals surface area contributed by atoms with Crippen LogP contribution in [0.15, 0.2) is 0 Å². The van der Waals surface area contributed by atoms with Gasteiger partial charge in [0.15, 0.2) is 12.4 Å². The van der Waals surface area contributed by atoms with Gasteiger partial charge in [-0.3, -0.25) is 14.1 Å². The molecular weight excluding hydrogens is 765 g/mol. The lowest BCUT2D eigenvalue weighted by atomic mass is 10.00. The van der Waals surface area contributed by atoms with Crippen molar-refractivity contribution in [2.75, 3.05) is 19.0 Å². The zero-order chi connectivity index (χ0) is 42.7. The minimum absolute atomic E-state index is 0.172. The van der Waals surface area contributed by atoms with E-state index in [9.17, 15) is 37.9 Å². The van der Waals surface area contributed by atoms with Crippen LogP contribution >= 0.6 is 0 Å². The third-order valence-electron chi connectivity index (χ3n) is 11.2. The Bertz CT molecular complexity index is 1090. The van der Waals surface area contributed by atoms with E-state index in [-0.39, 0.29) is 19.4 Å².